The van der Waals surface area contributed by atoms with E-state index in [2.05, 4.69) is 22.3 Å². The van der Waals surface area contributed by atoms with E-state index in [9.17, 15) is 4.79 Å². The van der Waals surface area contributed by atoms with Crippen LogP contribution in [0.1, 0.15) is 19.8 Å². The lowest BCUT2D eigenvalue weighted by Crippen LogP contribution is -2.17. The van der Waals surface area contributed by atoms with E-state index in [1.165, 1.54) is 20.0 Å². The van der Waals surface area contributed by atoms with Crippen LogP contribution in [0.2, 0.25) is 0 Å². The Kier molecular flexibility index (Phi) is 3.52. The molecule has 17 heavy (non-hydrogen) atoms. The highest BCUT2D eigenvalue weighted by molar-refractivity contribution is 5.85. The molecule has 2 rings (SSSR count). The fourth-order valence-corrected chi connectivity index (χ4v) is 1.83. The molecule has 0 radical (unpaired) electrons. The van der Waals surface area contributed by atoms with Crippen molar-refractivity contribution in [2.45, 2.75) is 25.8 Å². The predicted molar refractivity (Wildman–Crippen MR) is 68.3 cm³/mol. The Balaban J connectivity index is 1.97. The fraction of sp³-hybridized carbons (Fsp3) is 0.462. The van der Waals surface area contributed by atoms with Gasteiger partial charge in [0.2, 0.25) is 0 Å². The van der Waals surface area contributed by atoms with Gasteiger partial charge >= 0.3 is 6.09 Å². The lowest BCUT2D eigenvalue weighted by Gasteiger charge is -2.15. The van der Waals surface area contributed by atoms with Crippen molar-refractivity contribution >= 4 is 17.5 Å². The van der Waals surface area contributed by atoms with Crippen molar-refractivity contribution in [1.29, 1.82) is 0 Å². The molecule has 1 saturated carbocycles. The van der Waals surface area contributed by atoms with E-state index in [1.54, 1.807) is 0 Å². The van der Waals surface area contributed by atoms with Crippen molar-refractivity contribution in [3.8, 4) is 0 Å². The van der Waals surface area contributed by atoms with Crippen LogP contribution in [0.25, 0.3) is 0 Å². The van der Waals surface area contributed by atoms with Crippen LogP contribution < -0.4 is 10.6 Å². The largest absolute Gasteiger partial charge is 0.453 e. The maximum Gasteiger partial charge on any atom is 0.411 e. The number of anilines is 2. The Morgan fingerprint density at radius 2 is 2.12 bits per heavy atom. The van der Waals surface area contributed by atoms with Crippen LogP contribution in [0.4, 0.5) is 16.2 Å². The van der Waals surface area contributed by atoms with E-state index in [-0.39, 0.29) is 0 Å². The van der Waals surface area contributed by atoms with Gasteiger partial charge in [-0.25, -0.2) is 4.79 Å². The third-order valence-corrected chi connectivity index (χ3v) is 3.02. The topological polar surface area (TPSA) is 50.4 Å². The van der Waals surface area contributed by atoms with E-state index >= 15 is 0 Å². The van der Waals surface area contributed by atoms with Crippen molar-refractivity contribution in [1.82, 2.24) is 0 Å². The van der Waals surface area contributed by atoms with Crippen LogP contribution >= 0.6 is 0 Å². The van der Waals surface area contributed by atoms with E-state index < -0.39 is 6.09 Å². The normalized spacial score (nSPS) is 16.1. The summed E-state index contributed by atoms with van der Waals surface area (Å²) in [5.41, 5.74) is 1.77. The third-order valence-electron chi connectivity index (χ3n) is 3.02. The van der Waals surface area contributed by atoms with Gasteiger partial charge in [-0.05, 0) is 43.9 Å². The number of hydrogen-bond acceptors (Lipinski definition) is 3. The quantitative estimate of drug-likeness (QED) is 0.841. The summed E-state index contributed by atoms with van der Waals surface area (Å²) < 4.78 is 4.55. The van der Waals surface area contributed by atoms with Gasteiger partial charge in [-0.2, -0.15) is 0 Å². The van der Waals surface area contributed by atoms with Crippen molar-refractivity contribution in [3.05, 3.63) is 24.3 Å². The monoisotopic (exact) mass is 234 g/mol. The molecule has 0 spiro atoms. The van der Waals surface area contributed by atoms with Crippen LogP contribution in [0, 0.1) is 5.92 Å². The molecule has 4 nitrogen and oxygen atoms in total. The third kappa shape index (κ3) is 3.37. The summed E-state index contributed by atoms with van der Waals surface area (Å²) in [5.74, 6) is 0.798. The van der Waals surface area contributed by atoms with Gasteiger partial charge in [-0.1, -0.05) is 6.07 Å². The average Bonchev–Trinajstić information content (AvgIpc) is 3.13. The van der Waals surface area contributed by atoms with E-state index in [1.807, 2.05) is 24.3 Å². The minimum atomic E-state index is -0.447. The lowest BCUT2D eigenvalue weighted by atomic mass is 10.2. The molecule has 92 valence electrons. The van der Waals surface area contributed by atoms with Gasteiger partial charge in [-0.3, -0.25) is 5.32 Å². The molecule has 1 unspecified atom stereocenters. The summed E-state index contributed by atoms with van der Waals surface area (Å²) in [4.78, 5) is 11.1. The average molecular weight is 234 g/mol. The van der Waals surface area contributed by atoms with Crippen molar-refractivity contribution in [2.75, 3.05) is 17.7 Å². The fourth-order valence-electron chi connectivity index (χ4n) is 1.83. The summed E-state index contributed by atoms with van der Waals surface area (Å²) in [6.45, 7) is 2.19. The number of ether oxygens (including phenoxy) is 1. The van der Waals surface area contributed by atoms with E-state index in [0.29, 0.717) is 6.04 Å². The SMILES string of the molecule is COC(=O)Nc1cccc(NC(C)C2CC2)c1. The summed E-state index contributed by atoms with van der Waals surface area (Å²) >= 11 is 0. The minimum Gasteiger partial charge on any atom is -0.453 e. The number of amides is 1. The Labute approximate surface area is 101 Å². The molecule has 1 aromatic carbocycles. The Morgan fingerprint density at radius 1 is 1.41 bits per heavy atom. The first-order chi connectivity index (χ1) is 8.19. The molecular formula is C13H18N2O2. The van der Waals surface area contributed by atoms with Gasteiger partial charge in [0.15, 0.2) is 0 Å². The second kappa shape index (κ2) is 5.08. The van der Waals surface area contributed by atoms with Crippen molar-refractivity contribution in [3.63, 3.8) is 0 Å². The van der Waals surface area contributed by atoms with Gasteiger partial charge in [-0.15, -0.1) is 0 Å². The zero-order chi connectivity index (χ0) is 12.3. The molecule has 0 aliphatic heterocycles. The first-order valence-corrected chi connectivity index (χ1v) is 5.90. The molecule has 2 N–H and O–H groups in total. The van der Waals surface area contributed by atoms with Crippen LogP contribution in [0.3, 0.4) is 0 Å². The lowest BCUT2D eigenvalue weighted by molar-refractivity contribution is 0.187. The predicted octanol–water partition coefficient (Wildman–Crippen LogP) is 3.08. The van der Waals surface area contributed by atoms with Gasteiger partial charge in [0.05, 0.1) is 7.11 Å². The van der Waals surface area contributed by atoms with Crippen LogP contribution in [0.5, 0.6) is 0 Å². The standard InChI is InChI=1S/C13H18N2O2/c1-9(10-6-7-10)14-11-4-3-5-12(8-11)15-13(16)17-2/h3-5,8-10,14H,6-7H2,1-2H3,(H,15,16). The van der Waals surface area contributed by atoms with Gasteiger partial charge in [0, 0.05) is 17.4 Å². The number of rotatable bonds is 4. The molecule has 1 atom stereocenters. The van der Waals surface area contributed by atoms with Crippen LogP contribution in [-0.4, -0.2) is 19.2 Å². The number of carbonyl (C=O) groups is 1. The molecule has 0 bridgehead atoms. The zero-order valence-corrected chi connectivity index (χ0v) is 10.2. The van der Waals surface area contributed by atoms with Crippen molar-refractivity contribution < 1.29 is 9.53 Å². The maximum absolute atomic E-state index is 11.1. The number of carbonyl (C=O) groups excluding carboxylic acids is 1. The highest BCUT2D eigenvalue weighted by Gasteiger charge is 2.27. The second-order valence-electron chi connectivity index (χ2n) is 4.47. The molecule has 1 aliphatic carbocycles. The van der Waals surface area contributed by atoms with Gasteiger partial charge in [0.1, 0.15) is 0 Å². The number of benzene rings is 1. The summed E-state index contributed by atoms with van der Waals surface area (Å²) in [5, 5.41) is 6.09. The van der Waals surface area contributed by atoms with Gasteiger partial charge in [0.25, 0.3) is 0 Å². The van der Waals surface area contributed by atoms with E-state index in [4.69, 9.17) is 0 Å². The Bertz CT molecular complexity index is 402. The molecule has 4 heteroatoms. The van der Waals surface area contributed by atoms with E-state index in [0.717, 1.165) is 17.3 Å². The second-order valence-corrected chi connectivity index (χ2v) is 4.47. The summed E-state index contributed by atoms with van der Waals surface area (Å²) in [6, 6.07) is 8.15. The first-order valence-electron chi connectivity index (χ1n) is 5.90. The Morgan fingerprint density at radius 3 is 2.76 bits per heavy atom. The molecule has 1 aromatic rings. The molecule has 1 amide bonds. The smallest absolute Gasteiger partial charge is 0.411 e. The molecular weight excluding hydrogens is 216 g/mol. The number of methoxy groups -OCH3 is 1. The Hall–Kier alpha value is -1.71. The molecule has 1 fully saturated rings. The molecule has 1 aliphatic rings. The maximum atomic E-state index is 11.1. The zero-order valence-electron chi connectivity index (χ0n) is 10.2. The first kappa shape index (κ1) is 11.8. The minimum absolute atomic E-state index is 0.447. The highest BCUT2D eigenvalue weighted by atomic mass is 16.5. The van der Waals surface area contributed by atoms with Crippen molar-refractivity contribution in [2.24, 2.45) is 5.92 Å². The van der Waals surface area contributed by atoms with Gasteiger partial charge < -0.3 is 10.1 Å². The molecule has 0 aromatic heterocycles. The highest BCUT2D eigenvalue weighted by Crippen LogP contribution is 2.34. The number of nitrogens with one attached hydrogen (secondary N) is 2. The number of hydrogen-bond donors (Lipinski definition) is 2. The summed E-state index contributed by atoms with van der Waals surface area (Å²) in [6.07, 6.45) is 2.18. The van der Waals surface area contributed by atoms with Crippen LogP contribution in [-0.2, 0) is 4.74 Å². The van der Waals surface area contributed by atoms with Crippen LogP contribution in [0.15, 0.2) is 24.3 Å². The molecule has 0 heterocycles. The molecule has 0 saturated heterocycles. The summed E-state index contributed by atoms with van der Waals surface area (Å²) in [7, 11) is 1.35.